The molecular weight excluding hydrogens is 417 g/mol. The Morgan fingerprint density at radius 3 is 2.79 bits per heavy atom. The van der Waals surface area contributed by atoms with Gasteiger partial charge in [0, 0.05) is 38.4 Å². The van der Waals surface area contributed by atoms with Crippen LogP contribution in [-0.4, -0.2) is 40.5 Å². The van der Waals surface area contributed by atoms with Crippen molar-refractivity contribution in [3.05, 3.63) is 18.0 Å². The number of halogens is 1. The molecule has 136 valence electrons. The van der Waals surface area contributed by atoms with Gasteiger partial charge in [-0.05, 0) is 18.3 Å². The molecule has 2 aliphatic carbocycles. The van der Waals surface area contributed by atoms with E-state index in [-0.39, 0.29) is 24.0 Å². The first kappa shape index (κ1) is 19.5. The smallest absolute Gasteiger partial charge is 0.191 e. The van der Waals surface area contributed by atoms with E-state index in [1.807, 2.05) is 13.2 Å². The maximum absolute atomic E-state index is 10.2. The zero-order valence-corrected chi connectivity index (χ0v) is 16.9. The highest BCUT2D eigenvalue weighted by Crippen LogP contribution is 2.44. The summed E-state index contributed by atoms with van der Waals surface area (Å²) in [6.45, 7) is 0.437. The summed E-state index contributed by atoms with van der Waals surface area (Å²) in [4.78, 5) is 4.28. The van der Waals surface area contributed by atoms with Crippen LogP contribution in [0, 0.1) is 11.8 Å². The number of nitrogens with zero attached hydrogens (tertiary/aromatic N) is 3. The lowest BCUT2D eigenvalue weighted by molar-refractivity contribution is 0.180. The number of rotatable bonds is 5. The van der Waals surface area contributed by atoms with Crippen molar-refractivity contribution in [3.63, 3.8) is 0 Å². The molecule has 2 aliphatic rings. The van der Waals surface area contributed by atoms with Crippen LogP contribution in [0.15, 0.2) is 17.4 Å². The third-order valence-electron chi connectivity index (χ3n) is 5.21. The Morgan fingerprint density at radius 2 is 2.17 bits per heavy atom. The monoisotopic (exact) mass is 447 g/mol. The number of guanidine groups is 1. The normalized spacial score (nSPS) is 25.7. The molecule has 24 heavy (non-hydrogen) atoms. The number of aliphatic hydroxyl groups excluding tert-OH is 1. The molecule has 3 unspecified atom stereocenters. The molecule has 0 saturated heterocycles. The summed E-state index contributed by atoms with van der Waals surface area (Å²) in [6.07, 6.45) is 11.2. The minimum Gasteiger partial charge on any atom is -0.386 e. The van der Waals surface area contributed by atoms with Crippen LogP contribution in [0.4, 0.5) is 0 Å². The fourth-order valence-electron chi connectivity index (χ4n) is 3.76. The molecule has 0 bridgehead atoms. The van der Waals surface area contributed by atoms with Crippen LogP contribution in [0.25, 0.3) is 0 Å². The lowest BCUT2D eigenvalue weighted by Gasteiger charge is -2.22. The Morgan fingerprint density at radius 1 is 1.42 bits per heavy atom. The molecule has 3 atom stereocenters. The molecule has 3 N–H and O–H groups in total. The molecule has 7 heteroatoms. The minimum absolute atomic E-state index is 0. The van der Waals surface area contributed by atoms with E-state index in [1.165, 1.54) is 38.5 Å². The van der Waals surface area contributed by atoms with E-state index in [2.05, 4.69) is 20.7 Å². The van der Waals surface area contributed by atoms with Crippen molar-refractivity contribution < 1.29 is 5.11 Å². The van der Waals surface area contributed by atoms with Gasteiger partial charge in [-0.2, -0.15) is 5.10 Å². The number of aromatic nitrogens is 2. The highest BCUT2D eigenvalue weighted by Gasteiger charge is 2.43. The topological polar surface area (TPSA) is 74.5 Å². The van der Waals surface area contributed by atoms with E-state index in [0.29, 0.717) is 12.6 Å². The predicted molar refractivity (Wildman–Crippen MR) is 107 cm³/mol. The summed E-state index contributed by atoms with van der Waals surface area (Å²) in [5.41, 5.74) is 0.821. The van der Waals surface area contributed by atoms with Crippen molar-refractivity contribution in [2.75, 3.05) is 13.6 Å². The van der Waals surface area contributed by atoms with E-state index >= 15 is 0 Å². The van der Waals surface area contributed by atoms with Crippen LogP contribution in [0.5, 0.6) is 0 Å². The molecule has 2 fully saturated rings. The molecule has 2 saturated carbocycles. The first-order chi connectivity index (χ1) is 11.2. The van der Waals surface area contributed by atoms with Gasteiger partial charge >= 0.3 is 0 Å². The quantitative estimate of drug-likeness (QED) is 0.368. The molecule has 0 aliphatic heterocycles. The third-order valence-corrected chi connectivity index (χ3v) is 5.21. The number of aliphatic hydroxyl groups is 1. The number of hydrogen-bond donors (Lipinski definition) is 3. The fourth-order valence-corrected chi connectivity index (χ4v) is 3.76. The lowest BCUT2D eigenvalue weighted by atomic mass is 9.85. The molecule has 6 nitrogen and oxygen atoms in total. The van der Waals surface area contributed by atoms with Gasteiger partial charge in [0.2, 0.25) is 0 Å². The second kappa shape index (κ2) is 9.03. The van der Waals surface area contributed by atoms with Crippen LogP contribution in [0.2, 0.25) is 0 Å². The van der Waals surface area contributed by atoms with Gasteiger partial charge in [0.1, 0.15) is 0 Å². The van der Waals surface area contributed by atoms with Crippen molar-refractivity contribution >= 4 is 29.9 Å². The van der Waals surface area contributed by atoms with Gasteiger partial charge in [-0.3, -0.25) is 9.67 Å². The second-order valence-corrected chi connectivity index (χ2v) is 6.96. The van der Waals surface area contributed by atoms with Gasteiger partial charge in [0.25, 0.3) is 0 Å². The Bertz CT molecular complexity index is 541. The summed E-state index contributed by atoms with van der Waals surface area (Å²) >= 11 is 0. The zero-order chi connectivity index (χ0) is 16.2. The van der Waals surface area contributed by atoms with Crippen LogP contribution >= 0.6 is 24.0 Å². The lowest BCUT2D eigenvalue weighted by Crippen LogP contribution is -2.41. The summed E-state index contributed by atoms with van der Waals surface area (Å²) in [7, 11) is 3.63. The van der Waals surface area contributed by atoms with Gasteiger partial charge in [-0.25, -0.2) is 0 Å². The number of aryl methyl sites for hydroxylation is 1. The van der Waals surface area contributed by atoms with Crippen molar-refractivity contribution in [1.29, 1.82) is 0 Å². The third kappa shape index (κ3) is 5.08. The molecule has 3 rings (SSSR count). The van der Waals surface area contributed by atoms with E-state index in [0.717, 1.165) is 23.4 Å². The molecule has 1 aromatic heterocycles. The average Bonchev–Trinajstić information content (AvgIpc) is 3.22. The van der Waals surface area contributed by atoms with Gasteiger partial charge < -0.3 is 15.7 Å². The molecule has 0 aromatic carbocycles. The molecular formula is C17H30IN5O. The summed E-state index contributed by atoms with van der Waals surface area (Å²) < 4.78 is 1.70. The van der Waals surface area contributed by atoms with E-state index in [4.69, 9.17) is 0 Å². The minimum atomic E-state index is -0.574. The summed E-state index contributed by atoms with van der Waals surface area (Å²) in [6, 6.07) is 0.555. The maximum Gasteiger partial charge on any atom is 0.191 e. The predicted octanol–water partition coefficient (Wildman–Crippen LogP) is 2.21. The molecule has 0 radical (unpaired) electrons. The fraction of sp³-hybridized carbons (Fsp3) is 0.765. The number of nitrogens with one attached hydrogen (secondary N) is 2. The summed E-state index contributed by atoms with van der Waals surface area (Å²) in [5, 5.41) is 21.0. The van der Waals surface area contributed by atoms with Crippen molar-refractivity contribution in [3.8, 4) is 0 Å². The summed E-state index contributed by atoms with van der Waals surface area (Å²) in [5.74, 6) is 2.51. The van der Waals surface area contributed by atoms with Crippen LogP contribution in [0.3, 0.4) is 0 Å². The van der Waals surface area contributed by atoms with Crippen LogP contribution in [0.1, 0.15) is 50.2 Å². The Labute approximate surface area is 161 Å². The van der Waals surface area contributed by atoms with Crippen molar-refractivity contribution in [1.82, 2.24) is 20.4 Å². The Balaban J connectivity index is 0.00000208. The largest absolute Gasteiger partial charge is 0.386 e. The second-order valence-electron chi connectivity index (χ2n) is 6.96. The highest BCUT2D eigenvalue weighted by atomic mass is 127. The molecule has 1 aromatic rings. The number of hydrogen-bond acceptors (Lipinski definition) is 3. The van der Waals surface area contributed by atoms with Gasteiger partial charge in [-0.15, -0.1) is 24.0 Å². The first-order valence-electron chi connectivity index (χ1n) is 8.81. The standard InChI is InChI=1S/C17H29N5O.HI/c1-18-17(19-10-16(23)13-9-20-22(2)11-13)21-15-8-14(15)12-6-4-3-5-7-12;/h9,11-12,14-16,23H,3-8,10H2,1-2H3,(H2,18,19,21);1H. The average molecular weight is 447 g/mol. The first-order valence-corrected chi connectivity index (χ1v) is 8.81. The van der Waals surface area contributed by atoms with Crippen molar-refractivity contribution in [2.24, 2.45) is 23.9 Å². The molecule has 0 amide bonds. The molecule has 1 heterocycles. The van der Waals surface area contributed by atoms with E-state index in [1.54, 1.807) is 17.9 Å². The zero-order valence-electron chi connectivity index (χ0n) is 14.6. The van der Waals surface area contributed by atoms with Crippen molar-refractivity contribution in [2.45, 2.75) is 50.7 Å². The number of aliphatic imine (C=N–C) groups is 1. The van der Waals surface area contributed by atoms with Gasteiger partial charge in [0.15, 0.2) is 5.96 Å². The molecule has 0 spiro atoms. The van der Waals surface area contributed by atoms with Crippen LogP contribution in [-0.2, 0) is 7.05 Å². The van der Waals surface area contributed by atoms with E-state index in [9.17, 15) is 5.11 Å². The Kier molecular flexibility index (Phi) is 7.34. The van der Waals surface area contributed by atoms with Gasteiger partial charge in [0.05, 0.1) is 12.3 Å². The van der Waals surface area contributed by atoms with Crippen LogP contribution < -0.4 is 10.6 Å². The maximum atomic E-state index is 10.2. The SMILES string of the molecule is CN=C(NCC(O)c1cnn(C)c1)NC1CC1C1CCCCC1.I. The highest BCUT2D eigenvalue weighted by molar-refractivity contribution is 14.0. The van der Waals surface area contributed by atoms with E-state index < -0.39 is 6.10 Å². The Hall–Kier alpha value is -0.830. The van der Waals surface area contributed by atoms with Gasteiger partial charge in [-0.1, -0.05) is 32.1 Å².